The van der Waals surface area contributed by atoms with Gasteiger partial charge in [0.15, 0.2) is 12.1 Å². The molecule has 1 unspecified atom stereocenters. The molecule has 0 aliphatic heterocycles. The van der Waals surface area contributed by atoms with Gasteiger partial charge in [-0.15, -0.1) is 0 Å². The van der Waals surface area contributed by atoms with E-state index in [1.807, 2.05) is 0 Å². The van der Waals surface area contributed by atoms with Crippen molar-refractivity contribution >= 4 is 5.97 Å². The van der Waals surface area contributed by atoms with Gasteiger partial charge in [-0.25, -0.2) is 19.7 Å². The molecule has 1 heterocycles. The van der Waals surface area contributed by atoms with Crippen LogP contribution >= 0.6 is 0 Å². The molecule has 8 nitrogen and oxygen atoms in total. The minimum Gasteiger partial charge on any atom is -0.479 e. The maximum atomic E-state index is 11.2. The average molecular weight is 228 g/mol. The van der Waals surface area contributed by atoms with Crippen LogP contribution in [0.4, 0.5) is 0 Å². The quantitative estimate of drug-likeness (QED) is 0.598. The SMILES string of the molecule is COC(OC)C(N)(C(=O)O)c1ncncn1. The molecule has 16 heavy (non-hydrogen) atoms. The van der Waals surface area contributed by atoms with Gasteiger partial charge in [0.25, 0.3) is 0 Å². The van der Waals surface area contributed by atoms with Crippen molar-refractivity contribution in [2.75, 3.05) is 14.2 Å². The van der Waals surface area contributed by atoms with Crippen molar-refractivity contribution in [3.05, 3.63) is 18.5 Å². The van der Waals surface area contributed by atoms with Gasteiger partial charge in [-0.1, -0.05) is 0 Å². The van der Waals surface area contributed by atoms with Crippen LogP contribution in [-0.4, -0.2) is 46.5 Å². The largest absolute Gasteiger partial charge is 0.479 e. The molecule has 0 bridgehead atoms. The summed E-state index contributed by atoms with van der Waals surface area (Å²) in [6.45, 7) is 0. The molecule has 1 aromatic heterocycles. The number of carbonyl (C=O) groups is 1. The second-order valence-corrected chi connectivity index (χ2v) is 2.94. The van der Waals surface area contributed by atoms with E-state index in [0.717, 1.165) is 12.7 Å². The Labute approximate surface area is 91.4 Å². The third-order valence-electron chi connectivity index (χ3n) is 2.02. The van der Waals surface area contributed by atoms with E-state index < -0.39 is 17.8 Å². The topological polar surface area (TPSA) is 120 Å². The molecule has 0 amide bonds. The summed E-state index contributed by atoms with van der Waals surface area (Å²) in [5.74, 6) is -1.49. The van der Waals surface area contributed by atoms with Crippen molar-refractivity contribution in [1.82, 2.24) is 15.0 Å². The van der Waals surface area contributed by atoms with Crippen LogP contribution in [0.1, 0.15) is 5.82 Å². The van der Waals surface area contributed by atoms with E-state index >= 15 is 0 Å². The van der Waals surface area contributed by atoms with Crippen LogP contribution in [-0.2, 0) is 19.8 Å². The summed E-state index contributed by atoms with van der Waals surface area (Å²) in [6.07, 6.45) is 1.09. The van der Waals surface area contributed by atoms with Crippen LogP contribution < -0.4 is 5.73 Å². The Morgan fingerprint density at radius 1 is 1.44 bits per heavy atom. The first-order valence-corrected chi connectivity index (χ1v) is 4.27. The minimum absolute atomic E-state index is 0.135. The number of rotatable bonds is 5. The normalized spacial score (nSPS) is 14.8. The number of nitrogens with two attached hydrogens (primary N) is 1. The summed E-state index contributed by atoms with van der Waals surface area (Å²) < 4.78 is 9.70. The highest BCUT2D eigenvalue weighted by Gasteiger charge is 2.48. The van der Waals surface area contributed by atoms with Gasteiger partial charge >= 0.3 is 5.97 Å². The van der Waals surface area contributed by atoms with E-state index in [1.165, 1.54) is 14.2 Å². The highest BCUT2D eigenvalue weighted by molar-refractivity contribution is 5.79. The summed E-state index contributed by atoms with van der Waals surface area (Å²) in [6, 6.07) is 0. The van der Waals surface area contributed by atoms with Crippen LogP contribution in [0, 0.1) is 0 Å². The number of hydrogen-bond donors (Lipinski definition) is 2. The Bertz CT molecular complexity index is 356. The molecule has 0 fully saturated rings. The van der Waals surface area contributed by atoms with E-state index in [1.54, 1.807) is 0 Å². The zero-order valence-corrected chi connectivity index (χ0v) is 8.82. The van der Waals surface area contributed by atoms with Crippen molar-refractivity contribution in [2.45, 2.75) is 11.8 Å². The first-order chi connectivity index (χ1) is 7.57. The van der Waals surface area contributed by atoms with Gasteiger partial charge in [-0.3, -0.25) is 0 Å². The summed E-state index contributed by atoms with van der Waals surface area (Å²) in [5.41, 5.74) is 3.75. The fraction of sp³-hybridized carbons (Fsp3) is 0.500. The number of aromatic nitrogens is 3. The van der Waals surface area contributed by atoms with Crippen LogP contribution in [0.5, 0.6) is 0 Å². The van der Waals surface area contributed by atoms with E-state index in [4.69, 9.17) is 20.3 Å². The predicted molar refractivity (Wildman–Crippen MR) is 51.1 cm³/mol. The molecule has 0 aliphatic rings. The van der Waals surface area contributed by atoms with Crippen LogP contribution in [0.15, 0.2) is 12.7 Å². The fourth-order valence-electron chi connectivity index (χ4n) is 1.22. The molecule has 1 atom stereocenters. The van der Waals surface area contributed by atoms with E-state index in [0.29, 0.717) is 0 Å². The molecule has 0 spiro atoms. The number of nitrogens with zero attached hydrogens (tertiary/aromatic N) is 3. The number of methoxy groups -OCH3 is 2. The molecule has 0 radical (unpaired) electrons. The fourth-order valence-corrected chi connectivity index (χ4v) is 1.22. The molecule has 88 valence electrons. The third kappa shape index (κ3) is 1.98. The molecule has 0 saturated carbocycles. The lowest BCUT2D eigenvalue weighted by molar-refractivity contribution is -0.180. The first kappa shape index (κ1) is 12.4. The van der Waals surface area contributed by atoms with Gasteiger partial charge in [0.1, 0.15) is 12.7 Å². The van der Waals surface area contributed by atoms with Gasteiger partial charge in [0.2, 0.25) is 5.54 Å². The number of ether oxygens (including phenoxy) is 2. The zero-order chi connectivity index (χ0) is 12.2. The maximum Gasteiger partial charge on any atom is 0.337 e. The summed E-state index contributed by atoms with van der Waals surface area (Å²) in [7, 11) is 2.56. The highest BCUT2D eigenvalue weighted by Crippen LogP contribution is 2.21. The second-order valence-electron chi connectivity index (χ2n) is 2.94. The monoisotopic (exact) mass is 228 g/mol. The van der Waals surface area contributed by atoms with Crippen LogP contribution in [0.2, 0.25) is 0 Å². The maximum absolute atomic E-state index is 11.2. The van der Waals surface area contributed by atoms with Gasteiger partial charge in [-0.05, 0) is 0 Å². The van der Waals surface area contributed by atoms with Crippen molar-refractivity contribution in [3.8, 4) is 0 Å². The van der Waals surface area contributed by atoms with Gasteiger partial charge < -0.3 is 20.3 Å². The Balaban J connectivity index is 3.21. The van der Waals surface area contributed by atoms with E-state index in [-0.39, 0.29) is 5.82 Å². The molecule has 1 rings (SSSR count). The molecular weight excluding hydrogens is 216 g/mol. The summed E-state index contributed by atoms with van der Waals surface area (Å²) in [5, 5.41) is 9.13. The average Bonchev–Trinajstić information content (AvgIpc) is 2.31. The highest BCUT2D eigenvalue weighted by atomic mass is 16.7. The van der Waals surface area contributed by atoms with E-state index in [9.17, 15) is 4.79 Å². The van der Waals surface area contributed by atoms with Gasteiger partial charge in [0.05, 0.1) is 0 Å². The first-order valence-electron chi connectivity index (χ1n) is 4.27. The number of carboxylic acid groups (broad SMARTS) is 1. The molecule has 1 aromatic rings. The lowest BCUT2D eigenvalue weighted by Crippen LogP contribution is -2.56. The number of carboxylic acids is 1. The molecule has 0 aromatic carbocycles. The Kier molecular flexibility index (Phi) is 3.82. The van der Waals surface area contributed by atoms with Crippen molar-refractivity contribution in [1.29, 1.82) is 0 Å². The summed E-state index contributed by atoms with van der Waals surface area (Å²) in [4.78, 5) is 22.2. The Morgan fingerprint density at radius 2 is 1.94 bits per heavy atom. The molecular formula is C8H12N4O4. The number of hydrogen-bond acceptors (Lipinski definition) is 7. The van der Waals surface area contributed by atoms with Crippen molar-refractivity contribution in [2.24, 2.45) is 5.73 Å². The summed E-state index contributed by atoms with van der Waals surface area (Å²) >= 11 is 0. The smallest absolute Gasteiger partial charge is 0.337 e. The standard InChI is InChI=1S/C8H12N4O4/c1-15-7(16-2)8(9,6(13)14)5-11-3-10-4-12-5/h3-4,7H,9H2,1-2H3,(H,13,14). The molecule has 0 saturated heterocycles. The number of aliphatic carboxylic acids is 1. The molecule has 3 N–H and O–H groups in total. The van der Waals surface area contributed by atoms with Gasteiger partial charge in [0, 0.05) is 14.2 Å². The van der Waals surface area contributed by atoms with Crippen LogP contribution in [0.3, 0.4) is 0 Å². The van der Waals surface area contributed by atoms with Crippen molar-refractivity contribution in [3.63, 3.8) is 0 Å². The lowest BCUT2D eigenvalue weighted by Gasteiger charge is -2.29. The Hall–Kier alpha value is -1.64. The zero-order valence-electron chi connectivity index (χ0n) is 8.82. The molecule has 8 heteroatoms. The van der Waals surface area contributed by atoms with E-state index in [2.05, 4.69) is 15.0 Å². The minimum atomic E-state index is -1.98. The van der Waals surface area contributed by atoms with Crippen molar-refractivity contribution < 1.29 is 19.4 Å². The Morgan fingerprint density at radius 3 is 2.31 bits per heavy atom. The molecule has 0 aliphatic carbocycles. The lowest BCUT2D eigenvalue weighted by atomic mass is 9.99. The second kappa shape index (κ2) is 4.92. The predicted octanol–water partition coefficient (Wildman–Crippen LogP) is -1.27. The third-order valence-corrected chi connectivity index (χ3v) is 2.02. The van der Waals surface area contributed by atoms with Crippen LogP contribution in [0.25, 0.3) is 0 Å². The van der Waals surface area contributed by atoms with Gasteiger partial charge in [-0.2, -0.15) is 0 Å².